The van der Waals surface area contributed by atoms with Crippen molar-refractivity contribution in [1.82, 2.24) is 24.6 Å². The lowest BCUT2D eigenvalue weighted by molar-refractivity contribution is -0.125. The number of ether oxygens (including phenoxy) is 2. The van der Waals surface area contributed by atoms with Crippen molar-refractivity contribution >= 4 is 17.9 Å². The second-order valence-corrected chi connectivity index (χ2v) is 16.9. The van der Waals surface area contributed by atoms with E-state index in [1.54, 1.807) is 13.3 Å². The van der Waals surface area contributed by atoms with E-state index in [0.717, 1.165) is 55.5 Å². The molecule has 1 aromatic carbocycles. The van der Waals surface area contributed by atoms with Crippen LogP contribution in [0.25, 0.3) is 11.3 Å². The first kappa shape index (κ1) is 35.4. The number of β-amino-alcohol motifs (C(OH)–C–C–N with tert-alkyl or cyclic N) is 1. The molecule has 11 nitrogen and oxygen atoms in total. The van der Waals surface area contributed by atoms with Crippen molar-refractivity contribution in [2.75, 3.05) is 31.6 Å². The highest BCUT2D eigenvalue weighted by atomic mass is 16.6. The number of carbonyl (C=O) groups excluding carboxylic acids is 2. The molecule has 0 unspecified atom stereocenters. The Morgan fingerprint density at radius 1 is 1.00 bits per heavy atom. The molecule has 51 heavy (non-hydrogen) atoms. The molecule has 0 radical (unpaired) electrons. The number of hydrogen-bond donors (Lipinski definition) is 1. The lowest BCUT2D eigenvalue weighted by Gasteiger charge is -2.55. The Morgan fingerprint density at radius 2 is 1.65 bits per heavy atom. The van der Waals surface area contributed by atoms with E-state index in [2.05, 4.69) is 51.9 Å². The molecule has 3 heterocycles. The zero-order valence-electron chi connectivity index (χ0n) is 31.2. The van der Waals surface area contributed by atoms with E-state index in [1.807, 2.05) is 28.0 Å². The Morgan fingerprint density at radius 3 is 2.22 bits per heavy atom. The largest absolute Gasteiger partial charge is 0.496 e. The highest BCUT2D eigenvalue weighted by molar-refractivity contribution is 5.93. The van der Waals surface area contributed by atoms with E-state index >= 15 is 0 Å². The van der Waals surface area contributed by atoms with Crippen LogP contribution in [-0.2, 0) is 20.5 Å². The van der Waals surface area contributed by atoms with Crippen molar-refractivity contribution in [1.29, 1.82) is 0 Å². The predicted octanol–water partition coefficient (Wildman–Crippen LogP) is 6.72. The number of aryl methyl sites for hydroxylation is 2. The number of carbonyl (C=O) groups is 2. The number of methoxy groups -OCH3 is 1. The number of anilines is 1. The fourth-order valence-electron chi connectivity index (χ4n) is 9.03. The van der Waals surface area contributed by atoms with E-state index in [9.17, 15) is 14.7 Å². The molecule has 8 rings (SSSR count). The fourth-order valence-corrected chi connectivity index (χ4v) is 9.03. The van der Waals surface area contributed by atoms with Crippen LogP contribution < -0.4 is 9.64 Å². The SMILES string of the molecule is COc1c(C)cc(C23CCC(CN(c4nccc(-c5cnn(C(C)(C)C)c5)n4)C(=O)[C@H]4CC[C@H](OC(=O)N5CC(O)C5)CC4)(CC2)CC3)cc1C. The van der Waals surface area contributed by atoms with Gasteiger partial charge >= 0.3 is 6.09 Å². The van der Waals surface area contributed by atoms with Gasteiger partial charge in [-0.05, 0) is 132 Å². The third-order valence-corrected chi connectivity index (χ3v) is 12.3. The molecular weight excluding hydrogens is 644 g/mol. The summed E-state index contributed by atoms with van der Waals surface area (Å²) >= 11 is 0. The first-order chi connectivity index (χ1) is 24.3. The fraction of sp³-hybridized carbons (Fsp3) is 0.625. The Labute approximate surface area is 301 Å². The van der Waals surface area contributed by atoms with Gasteiger partial charge in [0.05, 0.1) is 43.7 Å². The number of nitrogens with zero attached hydrogens (tertiary/aromatic N) is 6. The van der Waals surface area contributed by atoms with E-state index in [4.69, 9.17) is 19.4 Å². The van der Waals surface area contributed by atoms with Crippen LogP contribution >= 0.6 is 0 Å². The molecule has 1 saturated heterocycles. The summed E-state index contributed by atoms with van der Waals surface area (Å²) in [5.74, 6) is 1.28. The average molecular weight is 699 g/mol. The van der Waals surface area contributed by atoms with Gasteiger partial charge in [-0.3, -0.25) is 14.4 Å². The van der Waals surface area contributed by atoms with Gasteiger partial charge < -0.3 is 19.5 Å². The summed E-state index contributed by atoms with van der Waals surface area (Å²) in [4.78, 5) is 40.3. The molecular formula is C40H54N6O5. The molecule has 4 saturated carbocycles. The summed E-state index contributed by atoms with van der Waals surface area (Å²) in [6.45, 7) is 11.9. The van der Waals surface area contributed by atoms with Gasteiger partial charge in [0.15, 0.2) is 0 Å². The summed E-state index contributed by atoms with van der Waals surface area (Å²) < 4.78 is 13.4. The van der Waals surface area contributed by atoms with Crippen LogP contribution in [0.1, 0.15) is 102 Å². The first-order valence-electron chi connectivity index (χ1n) is 18.8. The maximum Gasteiger partial charge on any atom is 0.410 e. The van der Waals surface area contributed by atoms with Crippen LogP contribution in [0.5, 0.6) is 5.75 Å². The summed E-state index contributed by atoms with van der Waals surface area (Å²) in [7, 11) is 1.75. The number of aliphatic hydroxyl groups is 1. The highest BCUT2D eigenvalue weighted by Crippen LogP contribution is 2.58. The molecule has 1 N–H and O–H groups in total. The van der Waals surface area contributed by atoms with Gasteiger partial charge in [-0.25, -0.2) is 14.8 Å². The minimum Gasteiger partial charge on any atom is -0.496 e. The van der Waals surface area contributed by atoms with Gasteiger partial charge in [0.2, 0.25) is 11.9 Å². The lowest BCUT2D eigenvalue weighted by Crippen LogP contribution is -2.54. The molecule has 0 spiro atoms. The van der Waals surface area contributed by atoms with Gasteiger partial charge in [-0.1, -0.05) is 12.1 Å². The van der Waals surface area contributed by atoms with E-state index in [1.165, 1.54) is 21.6 Å². The summed E-state index contributed by atoms with van der Waals surface area (Å²) in [5.41, 5.74) is 5.43. The smallest absolute Gasteiger partial charge is 0.410 e. The third-order valence-electron chi connectivity index (χ3n) is 12.3. The van der Waals surface area contributed by atoms with Crippen LogP contribution in [0.2, 0.25) is 0 Å². The number of fused-ring (bicyclic) bond motifs is 3. The Kier molecular flexibility index (Phi) is 9.39. The summed E-state index contributed by atoms with van der Waals surface area (Å²) in [6, 6.07) is 6.56. The molecule has 0 atom stereocenters. The van der Waals surface area contributed by atoms with Crippen LogP contribution in [0, 0.1) is 25.2 Å². The number of benzene rings is 1. The second-order valence-electron chi connectivity index (χ2n) is 16.9. The topological polar surface area (TPSA) is 123 Å². The first-order valence-corrected chi connectivity index (χ1v) is 18.8. The predicted molar refractivity (Wildman–Crippen MR) is 195 cm³/mol. The number of amides is 2. The van der Waals surface area contributed by atoms with Gasteiger partial charge in [-0.2, -0.15) is 5.10 Å². The summed E-state index contributed by atoms with van der Waals surface area (Å²) in [5, 5.41) is 14.2. The van der Waals surface area contributed by atoms with Crippen molar-refractivity contribution < 1.29 is 24.2 Å². The molecule has 5 fully saturated rings. The molecule has 4 aliphatic carbocycles. The number of aromatic nitrogens is 4. The van der Waals surface area contributed by atoms with Gasteiger partial charge in [-0.15, -0.1) is 0 Å². The number of hydrogen-bond acceptors (Lipinski definition) is 8. The van der Waals surface area contributed by atoms with Crippen molar-refractivity contribution in [2.24, 2.45) is 11.3 Å². The van der Waals surface area contributed by atoms with Gasteiger partial charge in [0, 0.05) is 30.4 Å². The normalized spacial score (nSPS) is 26.5. The molecule has 5 aliphatic rings. The van der Waals surface area contributed by atoms with Crippen LogP contribution in [0.4, 0.5) is 10.7 Å². The zero-order chi connectivity index (χ0) is 36.1. The minimum absolute atomic E-state index is 0.00102. The van der Waals surface area contributed by atoms with Crippen molar-refractivity contribution in [3.8, 4) is 17.0 Å². The van der Waals surface area contributed by atoms with Gasteiger partial charge in [0.1, 0.15) is 11.9 Å². The lowest BCUT2D eigenvalue weighted by atomic mass is 9.51. The number of likely N-dealkylation sites (tertiary alicyclic amines) is 1. The zero-order valence-corrected chi connectivity index (χ0v) is 31.2. The van der Waals surface area contributed by atoms with Crippen molar-refractivity contribution in [3.63, 3.8) is 0 Å². The second kappa shape index (κ2) is 13.5. The third kappa shape index (κ3) is 6.98. The van der Waals surface area contributed by atoms with E-state index in [0.29, 0.717) is 51.3 Å². The molecule has 1 aliphatic heterocycles. The maximum atomic E-state index is 14.6. The number of aliphatic hydroxyl groups excluding tert-OH is 1. The Bertz CT molecular complexity index is 1720. The molecule has 2 aromatic heterocycles. The van der Waals surface area contributed by atoms with Gasteiger partial charge in [0.25, 0.3) is 0 Å². The molecule has 2 amide bonds. The van der Waals surface area contributed by atoms with Crippen LogP contribution in [0.3, 0.4) is 0 Å². The van der Waals surface area contributed by atoms with Crippen LogP contribution in [0.15, 0.2) is 36.8 Å². The summed E-state index contributed by atoms with van der Waals surface area (Å²) in [6.07, 6.45) is 13.5. The quantitative estimate of drug-likeness (QED) is 0.275. The number of rotatable bonds is 8. The minimum atomic E-state index is -0.465. The van der Waals surface area contributed by atoms with Crippen molar-refractivity contribution in [2.45, 2.75) is 122 Å². The van der Waals surface area contributed by atoms with E-state index < -0.39 is 6.10 Å². The highest BCUT2D eigenvalue weighted by Gasteiger charge is 2.51. The van der Waals surface area contributed by atoms with Crippen molar-refractivity contribution in [3.05, 3.63) is 53.5 Å². The molecule has 3 aromatic rings. The molecule has 11 heteroatoms. The van der Waals surface area contributed by atoms with E-state index in [-0.39, 0.29) is 40.4 Å². The average Bonchev–Trinajstić information content (AvgIpc) is 3.62. The Hall–Kier alpha value is -3.99. The molecule has 2 bridgehead atoms. The maximum absolute atomic E-state index is 14.6. The molecule has 274 valence electrons. The standard InChI is InChI=1S/C40H54N6O5/c1-26-19-30(20-27(2)34(26)50-6)40-15-12-39(13-16-40,14-17-40)25-45(36-41-18-11-33(43-36)29-21-42-46(22-29)38(3,4)5)35(48)28-7-9-32(10-8-28)51-37(49)44-23-31(47)24-44/h11,18-22,28,31-32,47H,7-10,12-17,23-25H2,1-6H3/t28-,32-,39?,40?. The van der Waals surface area contributed by atoms with Crippen LogP contribution in [-0.4, -0.2) is 80.7 Å². The monoisotopic (exact) mass is 698 g/mol. The Balaban J connectivity index is 1.11.